The van der Waals surface area contributed by atoms with Crippen molar-refractivity contribution < 1.29 is 19.0 Å². The third-order valence-corrected chi connectivity index (χ3v) is 3.26. The molecule has 0 heterocycles. The van der Waals surface area contributed by atoms with Crippen LogP contribution in [0.1, 0.15) is 10.4 Å². The lowest BCUT2D eigenvalue weighted by atomic mass is 10.2. The third kappa shape index (κ3) is 2.88. The van der Waals surface area contributed by atoms with Gasteiger partial charge in [-0.15, -0.1) is 11.8 Å². The number of aromatic carboxylic acids is 1. The topological polar surface area (TPSA) is 46.5 Å². The van der Waals surface area contributed by atoms with Crippen LogP contribution in [-0.2, 0) is 0 Å². The van der Waals surface area contributed by atoms with Gasteiger partial charge in [0.15, 0.2) is 11.6 Å². The van der Waals surface area contributed by atoms with Gasteiger partial charge in [-0.05, 0) is 30.5 Å². The SMILES string of the molecule is CSc1ccccc1Oc1c(F)cccc1C(=O)O. The van der Waals surface area contributed by atoms with E-state index >= 15 is 0 Å². The van der Waals surface area contributed by atoms with Gasteiger partial charge >= 0.3 is 5.97 Å². The van der Waals surface area contributed by atoms with Crippen LogP contribution >= 0.6 is 11.8 Å². The van der Waals surface area contributed by atoms with Crippen molar-refractivity contribution in [3.8, 4) is 11.5 Å². The van der Waals surface area contributed by atoms with E-state index in [1.54, 1.807) is 12.1 Å². The molecule has 98 valence electrons. The number of carbonyl (C=O) groups is 1. The van der Waals surface area contributed by atoms with Crippen LogP contribution in [-0.4, -0.2) is 17.3 Å². The molecular formula is C14H11FO3S. The molecule has 1 N–H and O–H groups in total. The number of hydrogen-bond acceptors (Lipinski definition) is 3. The number of hydrogen-bond donors (Lipinski definition) is 1. The molecule has 0 atom stereocenters. The Morgan fingerprint density at radius 3 is 2.63 bits per heavy atom. The van der Waals surface area contributed by atoms with Crippen molar-refractivity contribution in [3.05, 3.63) is 53.8 Å². The van der Waals surface area contributed by atoms with Crippen LogP contribution in [0.3, 0.4) is 0 Å². The first-order chi connectivity index (χ1) is 9.13. The molecular weight excluding hydrogens is 267 g/mol. The van der Waals surface area contributed by atoms with E-state index < -0.39 is 11.8 Å². The fourth-order valence-electron chi connectivity index (χ4n) is 1.59. The summed E-state index contributed by atoms with van der Waals surface area (Å²) in [5, 5.41) is 9.04. The van der Waals surface area contributed by atoms with Crippen molar-refractivity contribution in [3.63, 3.8) is 0 Å². The summed E-state index contributed by atoms with van der Waals surface area (Å²) in [5.41, 5.74) is -0.198. The lowest BCUT2D eigenvalue weighted by molar-refractivity contribution is 0.0693. The van der Waals surface area contributed by atoms with Crippen LogP contribution < -0.4 is 4.74 Å². The van der Waals surface area contributed by atoms with Gasteiger partial charge in [-0.3, -0.25) is 0 Å². The largest absolute Gasteiger partial charge is 0.478 e. The smallest absolute Gasteiger partial charge is 0.339 e. The van der Waals surface area contributed by atoms with Crippen molar-refractivity contribution in [1.29, 1.82) is 0 Å². The summed E-state index contributed by atoms with van der Waals surface area (Å²) in [6.07, 6.45) is 1.86. The predicted octanol–water partition coefficient (Wildman–Crippen LogP) is 4.04. The van der Waals surface area contributed by atoms with Gasteiger partial charge in [-0.2, -0.15) is 0 Å². The number of carboxylic acid groups (broad SMARTS) is 1. The van der Waals surface area contributed by atoms with Gasteiger partial charge < -0.3 is 9.84 Å². The van der Waals surface area contributed by atoms with Crippen LogP contribution in [0.25, 0.3) is 0 Å². The summed E-state index contributed by atoms with van der Waals surface area (Å²) in [7, 11) is 0. The zero-order valence-electron chi connectivity index (χ0n) is 10.1. The Hall–Kier alpha value is -2.01. The molecule has 5 heteroatoms. The first-order valence-electron chi connectivity index (χ1n) is 5.46. The second-order valence-electron chi connectivity index (χ2n) is 3.67. The van der Waals surface area contributed by atoms with Crippen molar-refractivity contribution in [2.45, 2.75) is 4.90 Å². The lowest BCUT2D eigenvalue weighted by Gasteiger charge is -2.12. The van der Waals surface area contributed by atoms with Gasteiger partial charge in [0.05, 0.1) is 0 Å². The fourth-order valence-corrected chi connectivity index (χ4v) is 2.12. The Morgan fingerprint density at radius 1 is 1.21 bits per heavy atom. The minimum atomic E-state index is -1.23. The third-order valence-electron chi connectivity index (χ3n) is 2.48. The average Bonchev–Trinajstić information content (AvgIpc) is 2.41. The summed E-state index contributed by atoms with van der Waals surface area (Å²) in [4.78, 5) is 11.9. The maximum absolute atomic E-state index is 13.7. The first kappa shape index (κ1) is 13.4. The number of halogens is 1. The summed E-state index contributed by atoms with van der Waals surface area (Å²) in [5.74, 6) is -1.76. The summed E-state index contributed by atoms with van der Waals surface area (Å²) < 4.78 is 19.2. The molecule has 0 saturated heterocycles. The minimum absolute atomic E-state index is 0.198. The summed E-state index contributed by atoms with van der Waals surface area (Å²) in [6, 6.07) is 10.9. The molecule has 0 aliphatic heterocycles. The number of carboxylic acids is 1. The van der Waals surface area contributed by atoms with Crippen molar-refractivity contribution in [2.75, 3.05) is 6.26 Å². The van der Waals surface area contributed by atoms with Crippen molar-refractivity contribution in [2.24, 2.45) is 0 Å². The van der Waals surface area contributed by atoms with E-state index in [2.05, 4.69) is 0 Å². The van der Waals surface area contributed by atoms with Crippen LogP contribution in [0.2, 0.25) is 0 Å². The number of benzene rings is 2. The molecule has 2 rings (SSSR count). The molecule has 0 aromatic heterocycles. The zero-order chi connectivity index (χ0) is 13.8. The van der Waals surface area contributed by atoms with E-state index in [1.165, 1.54) is 30.0 Å². The van der Waals surface area contributed by atoms with E-state index in [0.717, 1.165) is 4.90 Å². The molecule has 0 radical (unpaired) electrons. The van der Waals surface area contributed by atoms with E-state index in [-0.39, 0.29) is 11.3 Å². The number of para-hydroxylation sites is 2. The molecule has 0 bridgehead atoms. The second-order valence-corrected chi connectivity index (χ2v) is 4.52. The zero-order valence-corrected chi connectivity index (χ0v) is 10.9. The van der Waals surface area contributed by atoms with Crippen LogP contribution in [0.4, 0.5) is 4.39 Å². The molecule has 0 aliphatic carbocycles. The Labute approximate surface area is 114 Å². The van der Waals surface area contributed by atoms with E-state index in [0.29, 0.717) is 5.75 Å². The molecule has 19 heavy (non-hydrogen) atoms. The highest BCUT2D eigenvalue weighted by molar-refractivity contribution is 7.98. The molecule has 0 spiro atoms. The fraction of sp³-hybridized carbons (Fsp3) is 0.0714. The Balaban J connectivity index is 2.46. The molecule has 0 unspecified atom stereocenters. The second kappa shape index (κ2) is 5.75. The molecule has 0 aliphatic rings. The molecule has 2 aromatic carbocycles. The van der Waals surface area contributed by atoms with Crippen LogP contribution in [0.15, 0.2) is 47.4 Å². The Bertz CT molecular complexity index is 613. The molecule has 0 amide bonds. The van der Waals surface area contributed by atoms with Crippen molar-refractivity contribution >= 4 is 17.7 Å². The van der Waals surface area contributed by atoms with Gasteiger partial charge in [-0.1, -0.05) is 18.2 Å². The summed E-state index contributed by atoms with van der Waals surface area (Å²) >= 11 is 1.44. The van der Waals surface area contributed by atoms with Gasteiger partial charge in [0.1, 0.15) is 11.3 Å². The average molecular weight is 278 g/mol. The minimum Gasteiger partial charge on any atom is -0.478 e. The van der Waals surface area contributed by atoms with Crippen molar-refractivity contribution in [1.82, 2.24) is 0 Å². The molecule has 2 aromatic rings. The van der Waals surface area contributed by atoms with E-state index in [1.807, 2.05) is 18.4 Å². The summed E-state index contributed by atoms with van der Waals surface area (Å²) in [6.45, 7) is 0. The first-order valence-corrected chi connectivity index (χ1v) is 6.68. The Morgan fingerprint density at radius 2 is 1.95 bits per heavy atom. The van der Waals surface area contributed by atoms with Gasteiger partial charge in [0.25, 0.3) is 0 Å². The molecule has 0 saturated carbocycles. The number of ether oxygens (including phenoxy) is 1. The van der Waals surface area contributed by atoms with Crippen LogP contribution in [0, 0.1) is 5.82 Å². The molecule has 3 nitrogen and oxygen atoms in total. The maximum atomic E-state index is 13.7. The van der Waals surface area contributed by atoms with Gasteiger partial charge in [0.2, 0.25) is 0 Å². The van der Waals surface area contributed by atoms with Gasteiger partial charge in [0, 0.05) is 4.90 Å². The monoisotopic (exact) mass is 278 g/mol. The maximum Gasteiger partial charge on any atom is 0.339 e. The lowest BCUT2D eigenvalue weighted by Crippen LogP contribution is -2.02. The molecule has 0 fully saturated rings. The normalized spacial score (nSPS) is 10.2. The van der Waals surface area contributed by atoms with E-state index in [9.17, 15) is 9.18 Å². The predicted molar refractivity (Wildman–Crippen MR) is 71.7 cm³/mol. The van der Waals surface area contributed by atoms with Crippen LogP contribution in [0.5, 0.6) is 11.5 Å². The number of thioether (sulfide) groups is 1. The highest BCUT2D eigenvalue weighted by atomic mass is 32.2. The highest BCUT2D eigenvalue weighted by Crippen LogP contribution is 2.34. The standard InChI is InChI=1S/C14H11FO3S/c1-19-12-8-3-2-7-11(12)18-13-9(14(16)17)5-4-6-10(13)15/h2-8H,1H3,(H,16,17). The van der Waals surface area contributed by atoms with E-state index in [4.69, 9.17) is 9.84 Å². The Kier molecular flexibility index (Phi) is 4.06. The van der Waals surface area contributed by atoms with Gasteiger partial charge in [-0.25, -0.2) is 9.18 Å². The number of rotatable bonds is 4. The quantitative estimate of drug-likeness (QED) is 0.857. The highest BCUT2D eigenvalue weighted by Gasteiger charge is 2.17.